The fourth-order valence-corrected chi connectivity index (χ4v) is 6.65. The van der Waals surface area contributed by atoms with E-state index in [1.54, 1.807) is 0 Å². The molecule has 1 unspecified atom stereocenters. The Morgan fingerprint density at radius 3 is 1.14 bits per heavy atom. The lowest BCUT2D eigenvalue weighted by Gasteiger charge is -2.18. The largest absolute Gasteiger partial charge is 0.462 e. The van der Waals surface area contributed by atoms with Gasteiger partial charge in [-0.05, 0) is 96.3 Å². The van der Waals surface area contributed by atoms with Crippen LogP contribution in [0.15, 0.2) is 134 Å². The molecule has 6 nitrogen and oxygen atoms in total. The lowest BCUT2D eigenvalue weighted by Crippen LogP contribution is -2.30. The van der Waals surface area contributed by atoms with Crippen LogP contribution in [0.4, 0.5) is 0 Å². The number of hydrogen-bond donors (Lipinski definition) is 0. The number of allylic oxidation sites excluding steroid dienone is 22. The first-order valence-electron chi connectivity index (χ1n) is 26.3. The van der Waals surface area contributed by atoms with Crippen molar-refractivity contribution in [3.05, 3.63) is 134 Å². The van der Waals surface area contributed by atoms with Crippen molar-refractivity contribution in [3.8, 4) is 0 Å². The van der Waals surface area contributed by atoms with Crippen LogP contribution in [0.3, 0.4) is 0 Å². The van der Waals surface area contributed by atoms with Gasteiger partial charge in [-0.15, -0.1) is 0 Å². The molecule has 0 amide bonds. The minimum atomic E-state index is -0.814. The molecule has 0 saturated carbocycles. The predicted octanol–water partition coefficient (Wildman–Crippen LogP) is 17.5. The lowest BCUT2D eigenvalue weighted by atomic mass is 10.1. The van der Waals surface area contributed by atoms with Crippen molar-refractivity contribution in [1.82, 2.24) is 0 Å². The highest BCUT2D eigenvalue weighted by molar-refractivity contribution is 5.71. The van der Waals surface area contributed by atoms with E-state index in [4.69, 9.17) is 14.2 Å². The second-order valence-corrected chi connectivity index (χ2v) is 16.8. The van der Waals surface area contributed by atoms with Crippen LogP contribution in [0.1, 0.15) is 207 Å². The molecule has 0 aliphatic carbocycles. The van der Waals surface area contributed by atoms with E-state index in [-0.39, 0.29) is 31.1 Å². The van der Waals surface area contributed by atoms with Crippen molar-refractivity contribution in [3.63, 3.8) is 0 Å². The molecule has 66 heavy (non-hydrogen) atoms. The van der Waals surface area contributed by atoms with E-state index in [0.29, 0.717) is 19.3 Å². The fraction of sp³-hybridized carbons (Fsp3) is 0.583. The molecule has 0 heterocycles. The van der Waals surface area contributed by atoms with E-state index in [2.05, 4.69) is 93.7 Å². The van der Waals surface area contributed by atoms with Gasteiger partial charge in [0.1, 0.15) is 13.2 Å². The maximum atomic E-state index is 12.8. The van der Waals surface area contributed by atoms with Crippen LogP contribution >= 0.6 is 0 Å². The monoisotopic (exact) mass is 911 g/mol. The summed E-state index contributed by atoms with van der Waals surface area (Å²) >= 11 is 0. The zero-order chi connectivity index (χ0) is 47.9. The van der Waals surface area contributed by atoms with Gasteiger partial charge in [0.2, 0.25) is 0 Å². The average molecular weight is 911 g/mol. The molecule has 0 N–H and O–H groups in total. The molecule has 0 aliphatic heterocycles. The Morgan fingerprint density at radius 2 is 0.667 bits per heavy atom. The molecule has 0 aromatic heterocycles. The van der Waals surface area contributed by atoms with Crippen LogP contribution in [0, 0.1) is 0 Å². The van der Waals surface area contributed by atoms with Gasteiger partial charge >= 0.3 is 17.9 Å². The lowest BCUT2D eigenvalue weighted by molar-refractivity contribution is -0.167. The summed E-state index contributed by atoms with van der Waals surface area (Å²) in [5, 5.41) is 0. The SMILES string of the molecule is CC\C=C/C=C\C=C/C=C\C=C\C=C/CCCCCC(=O)OCC(COC(=O)CCCCCCCC/C=C\C=C/CCCCC)OC(=O)CCCCCCCC/C=C\C/C=C\C/C=C\CC. The highest BCUT2D eigenvalue weighted by atomic mass is 16.6. The van der Waals surface area contributed by atoms with E-state index in [1.165, 1.54) is 51.4 Å². The minimum absolute atomic E-state index is 0.109. The number of ether oxygens (including phenoxy) is 3. The third kappa shape index (κ3) is 50.5. The van der Waals surface area contributed by atoms with Gasteiger partial charge in [-0.25, -0.2) is 0 Å². The summed E-state index contributed by atoms with van der Waals surface area (Å²) in [6, 6.07) is 0. The maximum absolute atomic E-state index is 12.8. The number of unbranched alkanes of at least 4 members (excludes halogenated alkanes) is 18. The second kappa shape index (κ2) is 53.2. The Morgan fingerprint density at radius 1 is 0.333 bits per heavy atom. The van der Waals surface area contributed by atoms with Gasteiger partial charge in [0, 0.05) is 19.3 Å². The van der Waals surface area contributed by atoms with Crippen molar-refractivity contribution < 1.29 is 28.6 Å². The standard InChI is InChI=1S/C60H94O6/c1-4-7-10-13-16-19-22-25-28-30-33-35-38-41-44-47-50-53-59(62)65-56-57(55-64-58(61)52-49-46-43-40-37-34-31-27-24-21-18-15-12-9-6-3)66-60(63)54-51-48-45-42-39-36-32-29-26-23-20-17-14-11-8-5-2/h7-8,10-11,13,16-22,24-30,33,35,38,57H,4-6,9,12,14-15,23,31-32,34,36-37,39-56H2,1-3H3/b10-7-,11-8-,16-13-,20-17-,21-18-,22-19-,27-24-,28-25-,29-26-,33-30+,38-35-. The van der Waals surface area contributed by atoms with Crippen LogP contribution in [-0.2, 0) is 28.6 Å². The predicted molar refractivity (Wildman–Crippen MR) is 283 cm³/mol. The average Bonchev–Trinajstić information content (AvgIpc) is 3.31. The smallest absolute Gasteiger partial charge is 0.306 e. The number of esters is 3. The van der Waals surface area contributed by atoms with Crippen LogP contribution in [0.5, 0.6) is 0 Å². The number of hydrogen-bond acceptors (Lipinski definition) is 6. The van der Waals surface area contributed by atoms with Crippen molar-refractivity contribution >= 4 is 17.9 Å². The normalized spacial score (nSPS) is 13.2. The van der Waals surface area contributed by atoms with Crippen molar-refractivity contribution in [2.75, 3.05) is 13.2 Å². The second-order valence-electron chi connectivity index (χ2n) is 16.8. The van der Waals surface area contributed by atoms with Gasteiger partial charge in [-0.1, -0.05) is 225 Å². The van der Waals surface area contributed by atoms with E-state index in [1.807, 2.05) is 60.8 Å². The van der Waals surface area contributed by atoms with Gasteiger partial charge in [0.05, 0.1) is 0 Å². The molecule has 370 valence electrons. The summed E-state index contributed by atoms with van der Waals surface area (Å²) in [7, 11) is 0. The first-order valence-corrected chi connectivity index (χ1v) is 26.3. The van der Waals surface area contributed by atoms with Gasteiger partial charge in [0.15, 0.2) is 6.10 Å². The Balaban J connectivity index is 4.55. The molecule has 0 fully saturated rings. The molecule has 1 atom stereocenters. The molecule has 0 bridgehead atoms. The van der Waals surface area contributed by atoms with Gasteiger partial charge < -0.3 is 14.2 Å². The van der Waals surface area contributed by atoms with E-state index < -0.39 is 6.10 Å². The molecule has 0 aliphatic rings. The summed E-state index contributed by atoms with van der Waals surface area (Å²) in [5.74, 6) is -0.986. The Hall–Kier alpha value is -4.45. The number of rotatable bonds is 45. The summed E-state index contributed by atoms with van der Waals surface area (Å²) in [4.78, 5) is 38.0. The summed E-state index contributed by atoms with van der Waals surface area (Å²) in [6.07, 6.45) is 74.2. The first-order chi connectivity index (χ1) is 32.5. The summed E-state index contributed by atoms with van der Waals surface area (Å²) < 4.78 is 16.8. The molecule has 6 heteroatoms. The molecule has 0 radical (unpaired) electrons. The molecular weight excluding hydrogens is 817 g/mol. The van der Waals surface area contributed by atoms with Gasteiger partial charge in [0.25, 0.3) is 0 Å². The van der Waals surface area contributed by atoms with E-state index in [9.17, 15) is 14.4 Å². The topological polar surface area (TPSA) is 78.9 Å². The molecule has 0 aromatic rings. The van der Waals surface area contributed by atoms with Gasteiger partial charge in [-0.3, -0.25) is 14.4 Å². The van der Waals surface area contributed by atoms with Gasteiger partial charge in [-0.2, -0.15) is 0 Å². The molecule has 0 spiro atoms. The highest BCUT2D eigenvalue weighted by Gasteiger charge is 2.19. The molecular formula is C60H94O6. The third-order valence-electron chi connectivity index (χ3n) is 10.6. The fourth-order valence-electron chi connectivity index (χ4n) is 6.65. The maximum Gasteiger partial charge on any atom is 0.306 e. The third-order valence-corrected chi connectivity index (χ3v) is 10.6. The van der Waals surface area contributed by atoms with Crippen LogP contribution < -0.4 is 0 Å². The highest BCUT2D eigenvalue weighted by Crippen LogP contribution is 2.13. The van der Waals surface area contributed by atoms with E-state index >= 15 is 0 Å². The van der Waals surface area contributed by atoms with Crippen molar-refractivity contribution in [2.45, 2.75) is 213 Å². The zero-order valence-electron chi connectivity index (χ0n) is 42.1. The number of carbonyl (C=O) groups excluding carboxylic acids is 3. The van der Waals surface area contributed by atoms with E-state index in [0.717, 1.165) is 116 Å². The molecule has 0 aromatic carbocycles. The summed E-state index contributed by atoms with van der Waals surface area (Å²) in [5.41, 5.74) is 0. The Kier molecular flexibility index (Phi) is 49.6. The summed E-state index contributed by atoms with van der Waals surface area (Å²) in [6.45, 7) is 6.27. The molecule has 0 rings (SSSR count). The zero-order valence-corrected chi connectivity index (χ0v) is 42.1. The first kappa shape index (κ1) is 61.5. The Bertz CT molecular complexity index is 1460. The Labute approximate surface area is 405 Å². The minimum Gasteiger partial charge on any atom is -0.462 e. The van der Waals surface area contributed by atoms with Crippen LogP contribution in [-0.4, -0.2) is 37.2 Å². The number of carbonyl (C=O) groups is 3. The van der Waals surface area contributed by atoms with Crippen molar-refractivity contribution in [2.24, 2.45) is 0 Å². The van der Waals surface area contributed by atoms with Crippen molar-refractivity contribution in [1.29, 1.82) is 0 Å². The van der Waals surface area contributed by atoms with Crippen LogP contribution in [0.2, 0.25) is 0 Å². The quantitative estimate of drug-likeness (QED) is 0.0199. The van der Waals surface area contributed by atoms with Crippen LogP contribution in [0.25, 0.3) is 0 Å². The molecule has 0 saturated heterocycles.